The predicted molar refractivity (Wildman–Crippen MR) is 60.7 cm³/mol. The third-order valence-electron chi connectivity index (χ3n) is 2.97. The summed E-state index contributed by atoms with van der Waals surface area (Å²) in [5.41, 5.74) is 0.996. The Balaban J connectivity index is 2.17. The molecule has 0 amide bonds. The zero-order valence-corrected chi connectivity index (χ0v) is 9.28. The second-order valence-corrected chi connectivity index (χ2v) is 4.28. The molecule has 2 nitrogen and oxygen atoms in total. The van der Waals surface area contributed by atoms with E-state index in [9.17, 15) is 4.39 Å². The fraction of sp³-hybridized carbons (Fsp3) is 0.500. The fourth-order valence-electron chi connectivity index (χ4n) is 2.18. The lowest BCUT2D eigenvalue weighted by molar-refractivity contribution is 0.275. The first-order valence-corrected chi connectivity index (χ1v) is 5.37. The van der Waals surface area contributed by atoms with E-state index in [0.717, 1.165) is 25.3 Å². The number of hydrogen-bond acceptors (Lipinski definition) is 2. The van der Waals surface area contributed by atoms with Crippen LogP contribution in [0.15, 0.2) is 24.3 Å². The van der Waals surface area contributed by atoms with Crippen LogP contribution in [0.5, 0.6) is 0 Å². The van der Waals surface area contributed by atoms with Crippen molar-refractivity contribution in [3.8, 4) is 0 Å². The highest BCUT2D eigenvalue weighted by atomic mass is 19.1. The summed E-state index contributed by atoms with van der Waals surface area (Å²) in [6.07, 6.45) is 0. The highest BCUT2D eigenvalue weighted by Gasteiger charge is 2.21. The minimum Gasteiger partial charge on any atom is -0.366 e. The molecule has 2 rings (SSSR count). The zero-order chi connectivity index (χ0) is 10.8. The van der Waals surface area contributed by atoms with Crippen LogP contribution in [-0.2, 0) is 0 Å². The Labute approximate surface area is 90.3 Å². The molecule has 0 saturated carbocycles. The van der Waals surface area contributed by atoms with Crippen molar-refractivity contribution in [1.29, 1.82) is 0 Å². The quantitative estimate of drug-likeness (QED) is 0.696. The number of hydrogen-bond donors (Lipinski definition) is 0. The van der Waals surface area contributed by atoms with Gasteiger partial charge < -0.3 is 9.80 Å². The monoisotopic (exact) mass is 208 g/mol. The van der Waals surface area contributed by atoms with E-state index in [2.05, 4.69) is 23.8 Å². The van der Waals surface area contributed by atoms with Crippen molar-refractivity contribution >= 4 is 5.69 Å². The molecule has 0 aromatic heterocycles. The molecule has 1 aromatic carbocycles. The Kier molecular flexibility index (Phi) is 2.91. The number of rotatable bonds is 1. The molecule has 1 aliphatic heterocycles. The molecule has 82 valence electrons. The molecule has 1 fully saturated rings. The molecule has 0 spiro atoms. The van der Waals surface area contributed by atoms with Crippen molar-refractivity contribution in [3.05, 3.63) is 30.1 Å². The summed E-state index contributed by atoms with van der Waals surface area (Å²) in [7, 11) is 2.12. The number of piperazine rings is 1. The Morgan fingerprint density at radius 3 is 2.80 bits per heavy atom. The number of likely N-dealkylation sites (N-methyl/N-ethyl adjacent to an activating group) is 1. The van der Waals surface area contributed by atoms with Crippen LogP contribution < -0.4 is 4.90 Å². The third kappa shape index (κ3) is 2.29. The average Bonchev–Trinajstić information content (AvgIpc) is 2.17. The van der Waals surface area contributed by atoms with E-state index >= 15 is 0 Å². The first-order chi connectivity index (χ1) is 7.16. The van der Waals surface area contributed by atoms with Crippen molar-refractivity contribution in [2.45, 2.75) is 13.0 Å². The van der Waals surface area contributed by atoms with Gasteiger partial charge >= 0.3 is 0 Å². The van der Waals surface area contributed by atoms with E-state index in [1.165, 1.54) is 6.07 Å². The van der Waals surface area contributed by atoms with Crippen molar-refractivity contribution in [3.63, 3.8) is 0 Å². The van der Waals surface area contributed by atoms with Crippen LogP contribution in [0.2, 0.25) is 0 Å². The summed E-state index contributed by atoms with van der Waals surface area (Å²) in [6, 6.07) is 7.30. The lowest BCUT2D eigenvalue weighted by Gasteiger charge is -2.39. The van der Waals surface area contributed by atoms with Gasteiger partial charge in [-0.2, -0.15) is 0 Å². The molecule has 1 aromatic rings. The van der Waals surface area contributed by atoms with Gasteiger partial charge in [0.05, 0.1) is 0 Å². The van der Waals surface area contributed by atoms with Crippen LogP contribution in [0.3, 0.4) is 0 Å². The number of anilines is 1. The SMILES string of the molecule is C[C@@H]1CN(C)CCN1c1cccc(F)c1. The van der Waals surface area contributed by atoms with Gasteiger partial charge in [0, 0.05) is 31.4 Å². The van der Waals surface area contributed by atoms with Crippen molar-refractivity contribution in [1.82, 2.24) is 4.90 Å². The first kappa shape index (κ1) is 10.4. The highest BCUT2D eigenvalue weighted by Crippen LogP contribution is 2.20. The Morgan fingerprint density at radius 1 is 1.33 bits per heavy atom. The highest BCUT2D eigenvalue weighted by molar-refractivity contribution is 5.47. The molecule has 0 radical (unpaired) electrons. The van der Waals surface area contributed by atoms with E-state index in [0.29, 0.717) is 6.04 Å². The minimum atomic E-state index is -0.154. The molecule has 1 heterocycles. The van der Waals surface area contributed by atoms with E-state index < -0.39 is 0 Å². The molecule has 0 unspecified atom stereocenters. The summed E-state index contributed by atoms with van der Waals surface area (Å²) < 4.78 is 13.1. The summed E-state index contributed by atoms with van der Waals surface area (Å²) in [4.78, 5) is 4.57. The maximum Gasteiger partial charge on any atom is 0.125 e. The number of nitrogens with zero attached hydrogens (tertiary/aromatic N) is 2. The standard InChI is InChI=1S/C12H17FN2/c1-10-9-14(2)6-7-15(10)12-5-3-4-11(13)8-12/h3-5,8,10H,6-7,9H2,1-2H3/t10-/m1/s1. The molecule has 0 N–H and O–H groups in total. The molecule has 1 saturated heterocycles. The molecule has 3 heteroatoms. The van der Waals surface area contributed by atoms with E-state index in [1.807, 2.05) is 6.07 Å². The molecule has 1 atom stereocenters. The van der Waals surface area contributed by atoms with Crippen LogP contribution >= 0.6 is 0 Å². The Morgan fingerprint density at radius 2 is 2.13 bits per heavy atom. The molecular weight excluding hydrogens is 191 g/mol. The summed E-state index contributed by atoms with van der Waals surface area (Å²) >= 11 is 0. The van der Waals surface area contributed by atoms with Gasteiger partial charge in [-0.25, -0.2) is 4.39 Å². The van der Waals surface area contributed by atoms with Gasteiger partial charge in [0.1, 0.15) is 5.82 Å². The van der Waals surface area contributed by atoms with Crippen molar-refractivity contribution < 1.29 is 4.39 Å². The van der Waals surface area contributed by atoms with Gasteiger partial charge in [-0.05, 0) is 32.2 Å². The summed E-state index contributed by atoms with van der Waals surface area (Å²) in [5.74, 6) is -0.154. The van der Waals surface area contributed by atoms with Crippen LogP contribution in [0.1, 0.15) is 6.92 Å². The second kappa shape index (κ2) is 4.19. The van der Waals surface area contributed by atoms with Crippen LogP contribution in [0.4, 0.5) is 10.1 Å². The van der Waals surface area contributed by atoms with E-state index in [1.54, 1.807) is 12.1 Å². The first-order valence-electron chi connectivity index (χ1n) is 5.37. The van der Waals surface area contributed by atoms with Crippen molar-refractivity contribution in [2.75, 3.05) is 31.6 Å². The lowest BCUT2D eigenvalue weighted by Crippen LogP contribution is -2.50. The van der Waals surface area contributed by atoms with Crippen LogP contribution in [0, 0.1) is 5.82 Å². The third-order valence-corrected chi connectivity index (χ3v) is 2.97. The summed E-state index contributed by atoms with van der Waals surface area (Å²) in [5, 5.41) is 0. The maximum absolute atomic E-state index is 13.1. The predicted octanol–water partition coefficient (Wildman–Crippen LogP) is 1.97. The molecule has 1 aliphatic rings. The van der Waals surface area contributed by atoms with Gasteiger partial charge in [0.15, 0.2) is 0 Å². The minimum absolute atomic E-state index is 0.154. The van der Waals surface area contributed by atoms with Gasteiger partial charge in [0.25, 0.3) is 0 Å². The fourth-order valence-corrected chi connectivity index (χ4v) is 2.18. The average molecular weight is 208 g/mol. The van der Waals surface area contributed by atoms with Gasteiger partial charge in [-0.1, -0.05) is 6.07 Å². The van der Waals surface area contributed by atoms with Crippen molar-refractivity contribution in [2.24, 2.45) is 0 Å². The van der Waals surface area contributed by atoms with Gasteiger partial charge in [-0.15, -0.1) is 0 Å². The molecule has 15 heavy (non-hydrogen) atoms. The molecule has 0 bridgehead atoms. The molecule has 0 aliphatic carbocycles. The van der Waals surface area contributed by atoms with Gasteiger partial charge in [-0.3, -0.25) is 0 Å². The smallest absolute Gasteiger partial charge is 0.125 e. The number of halogens is 1. The largest absolute Gasteiger partial charge is 0.366 e. The zero-order valence-electron chi connectivity index (χ0n) is 9.28. The Bertz CT molecular complexity index is 340. The molecular formula is C12H17FN2. The van der Waals surface area contributed by atoms with E-state index in [4.69, 9.17) is 0 Å². The van der Waals surface area contributed by atoms with Crippen LogP contribution in [0.25, 0.3) is 0 Å². The Hall–Kier alpha value is -1.09. The number of benzene rings is 1. The second-order valence-electron chi connectivity index (χ2n) is 4.28. The topological polar surface area (TPSA) is 6.48 Å². The summed E-state index contributed by atoms with van der Waals surface area (Å²) in [6.45, 7) is 5.24. The van der Waals surface area contributed by atoms with Crippen LogP contribution in [-0.4, -0.2) is 37.6 Å². The lowest BCUT2D eigenvalue weighted by atomic mass is 10.1. The normalized spacial score (nSPS) is 23.1. The maximum atomic E-state index is 13.1. The van der Waals surface area contributed by atoms with Gasteiger partial charge in [0.2, 0.25) is 0 Å². The van der Waals surface area contributed by atoms with E-state index in [-0.39, 0.29) is 5.82 Å².